The zero-order valence-corrected chi connectivity index (χ0v) is 13.8. The van der Waals surface area contributed by atoms with Gasteiger partial charge in [-0.15, -0.1) is 0 Å². The first-order valence-electron chi connectivity index (χ1n) is 6.89. The molecular weight excluding hydrogens is 305 g/mol. The fourth-order valence-corrected chi connectivity index (χ4v) is 4.11. The molecule has 0 aromatic heterocycles. The quantitative estimate of drug-likeness (QED) is 0.744. The second-order valence-corrected chi connectivity index (χ2v) is 8.29. The van der Waals surface area contributed by atoms with Gasteiger partial charge in [0.15, 0.2) is 0 Å². The summed E-state index contributed by atoms with van der Waals surface area (Å²) >= 11 is 3.29. The molecule has 1 aliphatic carbocycles. The minimum Gasteiger partial charge on any atom is -0.380 e. The van der Waals surface area contributed by atoms with Gasteiger partial charge in [-0.25, -0.2) is 4.39 Å². The third kappa shape index (κ3) is 3.95. The van der Waals surface area contributed by atoms with Crippen LogP contribution in [0.3, 0.4) is 0 Å². The van der Waals surface area contributed by atoms with Gasteiger partial charge in [0.05, 0.1) is 5.69 Å². The molecule has 1 aliphatic rings. The summed E-state index contributed by atoms with van der Waals surface area (Å²) < 4.78 is 14.7. The van der Waals surface area contributed by atoms with E-state index in [4.69, 9.17) is 0 Å². The van der Waals surface area contributed by atoms with E-state index in [2.05, 4.69) is 48.9 Å². The van der Waals surface area contributed by atoms with Gasteiger partial charge in [-0.05, 0) is 48.3 Å². The molecule has 1 aromatic carbocycles. The number of halogens is 2. The molecule has 0 radical (unpaired) electrons. The molecule has 1 nitrogen and oxygen atoms in total. The lowest BCUT2D eigenvalue weighted by Crippen LogP contribution is -2.40. The Labute approximate surface area is 124 Å². The molecular formula is C16H23BrFN. The van der Waals surface area contributed by atoms with Crippen LogP contribution in [0.5, 0.6) is 0 Å². The summed E-state index contributed by atoms with van der Waals surface area (Å²) in [6, 6.07) is 5.55. The van der Waals surface area contributed by atoms with Crippen molar-refractivity contribution < 1.29 is 4.39 Å². The van der Waals surface area contributed by atoms with Crippen molar-refractivity contribution in [3.8, 4) is 0 Å². The Morgan fingerprint density at radius 2 is 1.74 bits per heavy atom. The molecule has 1 N–H and O–H groups in total. The third-order valence-electron chi connectivity index (χ3n) is 3.85. The molecule has 0 spiro atoms. The van der Waals surface area contributed by atoms with Gasteiger partial charge in [-0.3, -0.25) is 0 Å². The van der Waals surface area contributed by atoms with Crippen molar-refractivity contribution in [1.82, 2.24) is 0 Å². The van der Waals surface area contributed by atoms with Gasteiger partial charge in [0.25, 0.3) is 0 Å². The lowest BCUT2D eigenvalue weighted by Gasteiger charge is -2.45. The molecule has 1 fully saturated rings. The number of benzene rings is 1. The van der Waals surface area contributed by atoms with Crippen LogP contribution in [0.2, 0.25) is 0 Å². The molecule has 0 saturated heterocycles. The smallest absolute Gasteiger partial charge is 0.147 e. The molecule has 0 amide bonds. The van der Waals surface area contributed by atoms with Gasteiger partial charge in [0.1, 0.15) is 5.82 Å². The van der Waals surface area contributed by atoms with Crippen LogP contribution in [0.15, 0.2) is 22.7 Å². The number of rotatable bonds is 2. The molecule has 1 aromatic rings. The lowest BCUT2D eigenvalue weighted by molar-refractivity contribution is 0.105. The van der Waals surface area contributed by atoms with Crippen molar-refractivity contribution in [1.29, 1.82) is 0 Å². The van der Waals surface area contributed by atoms with E-state index >= 15 is 0 Å². The highest BCUT2D eigenvalue weighted by atomic mass is 79.9. The molecule has 0 unspecified atom stereocenters. The van der Waals surface area contributed by atoms with Crippen molar-refractivity contribution in [3.05, 3.63) is 28.5 Å². The van der Waals surface area contributed by atoms with E-state index in [0.717, 1.165) is 17.3 Å². The fraction of sp³-hybridized carbons (Fsp3) is 0.625. The highest BCUT2D eigenvalue weighted by Crippen LogP contribution is 2.46. The molecule has 2 rings (SSSR count). The maximum absolute atomic E-state index is 13.9. The van der Waals surface area contributed by atoms with Crippen LogP contribution < -0.4 is 5.32 Å². The number of anilines is 1. The molecule has 0 aliphatic heterocycles. The van der Waals surface area contributed by atoms with E-state index in [1.165, 1.54) is 12.5 Å². The highest BCUT2D eigenvalue weighted by molar-refractivity contribution is 9.10. The monoisotopic (exact) mass is 327 g/mol. The van der Waals surface area contributed by atoms with Crippen molar-refractivity contribution >= 4 is 21.6 Å². The van der Waals surface area contributed by atoms with E-state index in [-0.39, 0.29) is 5.82 Å². The van der Waals surface area contributed by atoms with Crippen LogP contribution in [0.1, 0.15) is 47.0 Å². The second-order valence-electron chi connectivity index (χ2n) is 7.38. The minimum absolute atomic E-state index is 0.185. The summed E-state index contributed by atoms with van der Waals surface area (Å²) in [5.74, 6) is -0.185. The van der Waals surface area contributed by atoms with E-state index in [9.17, 15) is 4.39 Å². The molecule has 0 heterocycles. The zero-order valence-electron chi connectivity index (χ0n) is 12.2. The van der Waals surface area contributed by atoms with Crippen molar-refractivity contribution in [3.63, 3.8) is 0 Å². The average Bonchev–Trinajstić information content (AvgIpc) is 2.17. The van der Waals surface area contributed by atoms with Crippen LogP contribution in [0.25, 0.3) is 0 Å². The maximum Gasteiger partial charge on any atom is 0.147 e. The van der Waals surface area contributed by atoms with Gasteiger partial charge in [-0.2, -0.15) is 0 Å². The fourth-order valence-electron chi connectivity index (χ4n) is 3.77. The second kappa shape index (κ2) is 5.08. The molecule has 0 atom stereocenters. The van der Waals surface area contributed by atoms with Gasteiger partial charge in [0, 0.05) is 10.5 Å². The first kappa shape index (κ1) is 14.8. The van der Waals surface area contributed by atoms with Crippen LogP contribution in [0.4, 0.5) is 10.1 Å². The van der Waals surface area contributed by atoms with Gasteiger partial charge in [0.2, 0.25) is 0 Å². The Hall–Kier alpha value is -0.570. The van der Waals surface area contributed by atoms with Gasteiger partial charge >= 0.3 is 0 Å². The first-order chi connectivity index (χ1) is 8.67. The maximum atomic E-state index is 13.9. The van der Waals surface area contributed by atoms with Crippen molar-refractivity contribution in [2.24, 2.45) is 10.8 Å². The molecule has 106 valence electrons. The summed E-state index contributed by atoms with van der Waals surface area (Å²) in [5, 5.41) is 3.39. The molecule has 1 saturated carbocycles. The van der Waals surface area contributed by atoms with E-state index in [1.54, 1.807) is 0 Å². The van der Waals surface area contributed by atoms with Crippen molar-refractivity contribution in [2.45, 2.75) is 53.0 Å². The number of hydrogen-bond acceptors (Lipinski definition) is 1. The summed E-state index contributed by atoms with van der Waals surface area (Å²) in [7, 11) is 0. The van der Waals surface area contributed by atoms with Crippen LogP contribution in [-0.4, -0.2) is 6.04 Å². The van der Waals surface area contributed by atoms with E-state index in [1.807, 2.05) is 12.1 Å². The van der Waals surface area contributed by atoms with Gasteiger partial charge in [-0.1, -0.05) is 43.6 Å². The van der Waals surface area contributed by atoms with Gasteiger partial charge < -0.3 is 5.32 Å². The summed E-state index contributed by atoms with van der Waals surface area (Å²) in [6.07, 6.45) is 3.40. The Balaban J connectivity index is 2.14. The van der Waals surface area contributed by atoms with Crippen LogP contribution >= 0.6 is 15.9 Å². The minimum atomic E-state index is -0.185. The topological polar surface area (TPSA) is 12.0 Å². The summed E-state index contributed by atoms with van der Waals surface area (Å²) in [4.78, 5) is 0. The standard InChI is InChI=1S/C16H23BrFN/c1-15(2)8-12(9-16(3,4)10-15)19-14-6-5-11(17)7-13(14)18/h5-7,12,19H,8-10H2,1-4H3. The Bertz CT molecular complexity index is 452. The largest absolute Gasteiger partial charge is 0.380 e. The zero-order chi connectivity index (χ0) is 14.3. The summed E-state index contributed by atoms with van der Waals surface area (Å²) in [5.41, 5.74) is 1.23. The SMILES string of the molecule is CC1(C)CC(Nc2ccc(Br)cc2F)CC(C)(C)C1. The van der Waals surface area contributed by atoms with E-state index in [0.29, 0.717) is 22.6 Å². The Kier molecular flexibility index (Phi) is 3.97. The molecule has 3 heteroatoms. The third-order valence-corrected chi connectivity index (χ3v) is 4.34. The predicted molar refractivity (Wildman–Crippen MR) is 82.9 cm³/mol. The Morgan fingerprint density at radius 1 is 1.16 bits per heavy atom. The highest BCUT2D eigenvalue weighted by Gasteiger charge is 2.38. The molecule has 0 bridgehead atoms. The van der Waals surface area contributed by atoms with Crippen LogP contribution in [0, 0.1) is 16.6 Å². The predicted octanol–water partition coefficient (Wildman–Crippen LogP) is 5.61. The normalized spacial score (nSPS) is 22.2. The Morgan fingerprint density at radius 3 is 2.26 bits per heavy atom. The number of nitrogens with one attached hydrogen (secondary N) is 1. The van der Waals surface area contributed by atoms with Crippen molar-refractivity contribution in [2.75, 3.05) is 5.32 Å². The van der Waals surface area contributed by atoms with Crippen LogP contribution in [-0.2, 0) is 0 Å². The average molecular weight is 328 g/mol. The molecule has 19 heavy (non-hydrogen) atoms. The number of hydrogen-bond donors (Lipinski definition) is 1. The van der Waals surface area contributed by atoms with E-state index < -0.39 is 0 Å². The lowest BCUT2D eigenvalue weighted by atomic mass is 9.63. The summed E-state index contributed by atoms with van der Waals surface area (Å²) in [6.45, 7) is 9.22. The first-order valence-corrected chi connectivity index (χ1v) is 7.68.